The van der Waals surface area contributed by atoms with E-state index in [-0.39, 0.29) is 19.1 Å². The molecule has 8 heteroatoms. The number of likely N-dealkylation sites (tertiary alicyclic amines) is 1. The van der Waals surface area contributed by atoms with E-state index in [1.807, 2.05) is 4.90 Å². The number of aliphatic hydroxyl groups is 1. The number of hydrogen-bond acceptors (Lipinski definition) is 7. The fourth-order valence-corrected chi connectivity index (χ4v) is 2.43. The lowest BCUT2D eigenvalue weighted by atomic mass is 10.1. The van der Waals surface area contributed by atoms with Crippen molar-refractivity contribution >= 4 is 17.6 Å². The van der Waals surface area contributed by atoms with Crippen LogP contribution in [0.4, 0.5) is 0 Å². The quantitative estimate of drug-likeness (QED) is 0.730. The van der Waals surface area contributed by atoms with Crippen molar-refractivity contribution in [1.82, 2.24) is 19.0 Å². The zero-order chi connectivity index (χ0) is 14.2. The van der Waals surface area contributed by atoms with Gasteiger partial charge in [0, 0.05) is 19.6 Å². The molecule has 112 valence electrons. The van der Waals surface area contributed by atoms with Gasteiger partial charge in [0.1, 0.15) is 18.9 Å². The van der Waals surface area contributed by atoms with Gasteiger partial charge in [0.15, 0.2) is 0 Å². The summed E-state index contributed by atoms with van der Waals surface area (Å²) in [7, 11) is 0. The van der Waals surface area contributed by atoms with E-state index in [1.54, 1.807) is 0 Å². The van der Waals surface area contributed by atoms with E-state index in [2.05, 4.69) is 14.1 Å². The van der Waals surface area contributed by atoms with Gasteiger partial charge < -0.3 is 20.1 Å². The van der Waals surface area contributed by atoms with Crippen molar-refractivity contribution in [2.45, 2.75) is 25.4 Å². The Morgan fingerprint density at radius 1 is 1.50 bits per heavy atom. The van der Waals surface area contributed by atoms with Gasteiger partial charge in [-0.3, -0.25) is 4.79 Å². The van der Waals surface area contributed by atoms with Gasteiger partial charge in [0.2, 0.25) is 11.8 Å². The predicted molar refractivity (Wildman–Crippen MR) is 74.7 cm³/mol. The van der Waals surface area contributed by atoms with Crippen LogP contribution >= 0.6 is 11.7 Å². The smallest absolute Gasteiger partial charge is 0.245 e. The molecule has 20 heavy (non-hydrogen) atoms. The largest absolute Gasteiger partial charge is 0.473 e. The maximum absolute atomic E-state index is 11.9. The Hall–Kier alpha value is -1.25. The van der Waals surface area contributed by atoms with Gasteiger partial charge in [-0.15, -0.1) is 4.37 Å². The van der Waals surface area contributed by atoms with Crippen molar-refractivity contribution in [1.29, 1.82) is 0 Å². The molecule has 1 aliphatic rings. The molecule has 0 radical (unpaired) electrons. The summed E-state index contributed by atoms with van der Waals surface area (Å²) in [6, 6.07) is 0. The highest BCUT2D eigenvalue weighted by atomic mass is 32.1. The number of aliphatic hydroxyl groups excluding tert-OH is 1. The van der Waals surface area contributed by atoms with Crippen LogP contribution in [0.2, 0.25) is 0 Å². The van der Waals surface area contributed by atoms with Crippen molar-refractivity contribution < 1.29 is 14.6 Å². The second kappa shape index (κ2) is 8.13. The number of hydrogen-bond donors (Lipinski definition) is 2. The summed E-state index contributed by atoms with van der Waals surface area (Å²) >= 11 is 1.06. The number of aromatic nitrogens is 2. The summed E-state index contributed by atoms with van der Waals surface area (Å²) in [4.78, 5) is 13.7. The Balaban J connectivity index is 1.56. The molecule has 2 heterocycles. The van der Waals surface area contributed by atoms with Crippen molar-refractivity contribution in [3.05, 3.63) is 6.20 Å². The van der Waals surface area contributed by atoms with Crippen LogP contribution in [0.5, 0.6) is 5.88 Å². The summed E-state index contributed by atoms with van der Waals surface area (Å²) in [6.45, 7) is 2.41. The molecule has 1 aromatic rings. The number of rotatable bonds is 7. The van der Waals surface area contributed by atoms with Crippen LogP contribution in [-0.4, -0.2) is 63.6 Å². The molecule has 0 spiro atoms. The summed E-state index contributed by atoms with van der Waals surface area (Å²) in [6.07, 6.45) is 4.21. The van der Waals surface area contributed by atoms with Gasteiger partial charge in [-0.2, -0.15) is 4.37 Å². The second-order valence-corrected chi connectivity index (χ2v) is 5.34. The van der Waals surface area contributed by atoms with Crippen LogP contribution < -0.4 is 10.1 Å². The molecule has 1 aliphatic heterocycles. The highest BCUT2D eigenvalue weighted by Gasteiger charge is 2.16. The average molecular weight is 300 g/mol. The van der Waals surface area contributed by atoms with Gasteiger partial charge in [-0.25, -0.2) is 0 Å². The lowest BCUT2D eigenvalue weighted by molar-refractivity contribution is -0.131. The first-order valence-electron chi connectivity index (χ1n) is 6.82. The first kappa shape index (κ1) is 15.1. The minimum Gasteiger partial charge on any atom is -0.473 e. The van der Waals surface area contributed by atoms with E-state index in [1.165, 1.54) is 12.6 Å². The molecule has 7 nitrogen and oxygen atoms in total. The molecular formula is C12H20N4O3S. The van der Waals surface area contributed by atoms with E-state index in [4.69, 9.17) is 4.74 Å². The minimum absolute atomic E-state index is 0.0986. The number of nitrogens with one attached hydrogen (secondary N) is 1. The molecule has 0 aromatic carbocycles. The van der Waals surface area contributed by atoms with Gasteiger partial charge in [0.05, 0.1) is 18.3 Å². The zero-order valence-corrected chi connectivity index (χ0v) is 12.1. The molecule has 1 fully saturated rings. The molecule has 1 aromatic heterocycles. The Bertz CT molecular complexity index is 395. The number of amides is 1. The summed E-state index contributed by atoms with van der Waals surface area (Å²) in [5.74, 6) is 0.514. The fraction of sp³-hybridized carbons (Fsp3) is 0.750. The van der Waals surface area contributed by atoms with Crippen LogP contribution in [0.15, 0.2) is 6.20 Å². The lowest BCUT2D eigenvalue weighted by Crippen LogP contribution is -2.43. The second-order valence-electron chi connectivity index (χ2n) is 4.78. The average Bonchev–Trinajstić information content (AvgIpc) is 2.99. The normalized spacial score (nSPS) is 16.9. The monoisotopic (exact) mass is 300 g/mol. The van der Waals surface area contributed by atoms with Crippen molar-refractivity contribution in [2.75, 3.05) is 32.8 Å². The van der Waals surface area contributed by atoms with Crippen LogP contribution in [-0.2, 0) is 4.79 Å². The molecule has 0 saturated carbocycles. The molecule has 2 N–H and O–H groups in total. The lowest BCUT2D eigenvalue weighted by Gasteiger charge is -2.27. The number of carbonyl (C=O) groups is 1. The number of nitrogens with zero attached hydrogens (tertiary/aromatic N) is 3. The maximum Gasteiger partial charge on any atom is 0.245 e. The molecule has 0 aliphatic carbocycles. The van der Waals surface area contributed by atoms with Crippen molar-refractivity contribution in [3.63, 3.8) is 0 Å². The fourth-order valence-electron chi connectivity index (χ4n) is 2.06. The molecule has 1 amide bonds. The third kappa shape index (κ3) is 5.03. The van der Waals surface area contributed by atoms with E-state index in [9.17, 15) is 9.90 Å². The summed E-state index contributed by atoms with van der Waals surface area (Å²) in [5.41, 5.74) is 0. The molecule has 1 saturated heterocycles. The van der Waals surface area contributed by atoms with E-state index in [0.29, 0.717) is 12.4 Å². The van der Waals surface area contributed by atoms with E-state index < -0.39 is 6.10 Å². The highest BCUT2D eigenvalue weighted by molar-refractivity contribution is 6.99. The summed E-state index contributed by atoms with van der Waals surface area (Å²) < 4.78 is 12.9. The van der Waals surface area contributed by atoms with Crippen LogP contribution in [0, 0.1) is 0 Å². The third-order valence-electron chi connectivity index (χ3n) is 3.13. The van der Waals surface area contributed by atoms with Gasteiger partial charge >= 0.3 is 0 Å². The Kier molecular flexibility index (Phi) is 6.16. The van der Waals surface area contributed by atoms with E-state index >= 15 is 0 Å². The maximum atomic E-state index is 11.9. The number of carbonyl (C=O) groups excluding carboxylic acids is 1. The zero-order valence-electron chi connectivity index (χ0n) is 11.3. The van der Waals surface area contributed by atoms with Crippen LogP contribution in [0.25, 0.3) is 0 Å². The van der Waals surface area contributed by atoms with Crippen LogP contribution in [0.1, 0.15) is 19.3 Å². The Morgan fingerprint density at radius 3 is 3.00 bits per heavy atom. The van der Waals surface area contributed by atoms with Gasteiger partial charge in [-0.05, 0) is 19.3 Å². The summed E-state index contributed by atoms with van der Waals surface area (Å²) in [5, 5.41) is 12.7. The Labute approximate surface area is 122 Å². The number of ether oxygens (including phenoxy) is 1. The standard InChI is InChI=1S/C12H20N4O3S/c17-10(9-19-11-7-14-20-15-11)6-13-8-12(18)16-4-2-1-3-5-16/h7,10,13,17H,1-6,8-9H2. The number of piperidine rings is 1. The van der Waals surface area contributed by atoms with Crippen molar-refractivity contribution in [2.24, 2.45) is 0 Å². The molecule has 0 bridgehead atoms. The first-order valence-corrected chi connectivity index (χ1v) is 7.55. The minimum atomic E-state index is -0.675. The molecule has 1 atom stereocenters. The van der Waals surface area contributed by atoms with E-state index in [0.717, 1.165) is 37.7 Å². The highest BCUT2D eigenvalue weighted by Crippen LogP contribution is 2.08. The van der Waals surface area contributed by atoms with Gasteiger partial charge in [-0.1, -0.05) is 0 Å². The van der Waals surface area contributed by atoms with Crippen LogP contribution in [0.3, 0.4) is 0 Å². The SMILES string of the molecule is O=C(CNCC(O)COc1cnsn1)N1CCCCC1. The Morgan fingerprint density at radius 2 is 2.30 bits per heavy atom. The molecular weight excluding hydrogens is 280 g/mol. The van der Waals surface area contributed by atoms with Gasteiger partial charge in [0.25, 0.3) is 0 Å². The molecule has 1 unspecified atom stereocenters. The third-order valence-corrected chi connectivity index (χ3v) is 3.59. The topological polar surface area (TPSA) is 87.6 Å². The predicted octanol–water partition coefficient (Wildman–Crippen LogP) is -0.120. The van der Waals surface area contributed by atoms with Crippen molar-refractivity contribution in [3.8, 4) is 5.88 Å². The first-order chi connectivity index (χ1) is 9.75. The molecule has 2 rings (SSSR count).